The molecule has 1 saturated heterocycles. The third-order valence-electron chi connectivity index (χ3n) is 7.76. The Morgan fingerprint density at radius 2 is 1.76 bits per heavy atom. The third kappa shape index (κ3) is 4.42. The van der Waals surface area contributed by atoms with Crippen molar-refractivity contribution in [1.82, 2.24) is 9.80 Å². The molecule has 1 aliphatic carbocycles. The molecule has 2 heterocycles. The van der Waals surface area contributed by atoms with E-state index in [9.17, 15) is 9.59 Å². The Morgan fingerprint density at radius 1 is 1.00 bits per heavy atom. The zero-order chi connectivity index (χ0) is 22.8. The molecular formula is C27H33N3O3. The van der Waals surface area contributed by atoms with Crippen LogP contribution in [0, 0.1) is 0 Å². The van der Waals surface area contributed by atoms with Gasteiger partial charge in [0, 0.05) is 38.4 Å². The molecule has 0 spiro atoms. The lowest BCUT2D eigenvalue weighted by molar-refractivity contribution is -0.121. The summed E-state index contributed by atoms with van der Waals surface area (Å²) in [7, 11) is 0. The zero-order valence-corrected chi connectivity index (χ0v) is 19.2. The number of nitrogens with one attached hydrogen (secondary N) is 1. The Hall–Kier alpha value is -2.70. The maximum absolute atomic E-state index is 12.9. The summed E-state index contributed by atoms with van der Waals surface area (Å²) in [6, 6.07) is 13.5. The average Bonchev–Trinajstić information content (AvgIpc) is 3.11. The number of aromatic carboxylic acids is 1. The Balaban J connectivity index is 1.08. The van der Waals surface area contributed by atoms with Gasteiger partial charge in [-0.1, -0.05) is 30.7 Å². The SMILES string of the molecule is O=C(O)c1ccc(CN2CCN(CCCCC34CCCc5cccc(c53)NC4=O)CC2)cc1. The Bertz CT molecular complexity index is 1030. The standard InChI is InChI=1S/C27H33N3O3/c31-25(32)22-10-8-20(9-11-22)19-30-17-15-29(16-18-30)14-2-1-12-27-13-4-6-21-5-3-7-23(24(21)27)28-26(27)33/h3,5,7-11H,1-2,4,6,12-19H2,(H,28,33)(H,31,32). The second-order valence-electron chi connectivity index (χ2n) is 9.81. The van der Waals surface area contributed by atoms with Crippen LogP contribution in [0.5, 0.6) is 0 Å². The van der Waals surface area contributed by atoms with Gasteiger partial charge in [0.1, 0.15) is 0 Å². The molecule has 2 aromatic carbocycles. The van der Waals surface area contributed by atoms with E-state index in [2.05, 4.69) is 33.3 Å². The van der Waals surface area contributed by atoms with Gasteiger partial charge in [-0.15, -0.1) is 0 Å². The number of benzene rings is 2. The minimum absolute atomic E-state index is 0.217. The fraction of sp³-hybridized carbons (Fsp3) is 0.481. The molecule has 5 rings (SSSR count). The highest BCUT2D eigenvalue weighted by Crippen LogP contribution is 2.49. The van der Waals surface area contributed by atoms with Crippen molar-refractivity contribution in [3.8, 4) is 0 Å². The van der Waals surface area contributed by atoms with Gasteiger partial charge >= 0.3 is 5.97 Å². The van der Waals surface area contributed by atoms with Crippen molar-refractivity contribution in [3.05, 3.63) is 64.7 Å². The highest BCUT2D eigenvalue weighted by Gasteiger charge is 2.48. The summed E-state index contributed by atoms with van der Waals surface area (Å²) in [5, 5.41) is 12.2. The molecule has 0 aromatic heterocycles. The van der Waals surface area contributed by atoms with Crippen LogP contribution in [0.2, 0.25) is 0 Å². The molecule has 6 nitrogen and oxygen atoms in total. The first kappa shape index (κ1) is 22.1. The van der Waals surface area contributed by atoms with Gasteiger partial charge in [-0.05, 0) is 73.5 Å². The largest absolute Gasteiger partial charge is 0.478 e. The lowest BCUT2D eigenvalue weighted by Crippen LogP contribution is -2.46. The second-order valence-corrected chi connectivity index (χ2v) is 9.81. The quantitative estimate of drug-likeness (QED) is 0.601. The highest BCUT2D eigenvalue weighted by atomic mass is 16.4. The van der Waals surface area contributed by atoms with E-state index in [0.717, 1.165) is 89.0 Å². The molecule has 33 heavy (non-hydrogen) atoms. The minimum atomic E-state index is -0.878. The van der Waals surface area contributed by atoms with Crippen molar-refractivity contribution >= 4 is 17.6 Å². The lowest BCUT2D eigenvalue weighted by atomic mass is 9.68. The molecule has 2 aliphatic heterocycles. The molecule has 0 bridgehead atoms. The normalized spacial score (nSPS) is 22.7. The molecule has 2 N–H and O–H groups in total. The van der Waals surface area contributed by atoms with Crippen molar-refractivity contribution in [2.75, 3.05) is 38.0 Å². The van der Waals surface area contributed by atoms with Gasteiger partial charge in [-0.3, -0.25) is 9.69 Å². The fourth-order valence-electron chi connectivity index (χ4n) is 5.96. The smallest absolute Gasteiger partial charge is 0.335 e. The van der Waals surface area contributed by atoms with Crippen molar-refractivity contribution in [2.45, 2.75) is 50.5 Å². The molecule has 1 fully saturated rings. The number of carbonyl (C=O) groups excluding carboxylic acids is 1. The van der Waals surface area contributed by atoms with Gasteiger partial charge in [0.15, 0.2) is 0 Å². The minimum Gasteiger partial charge on any atom is -0.478 e. The molecule has 6 heteroatoms. The second kappa shape index (κ2) is 9.27. The number of piperazine rings is 1. The average molecular weight is 448 g/mol. The Labute approximate surface area is 195 Å². The molecule has 1 amide bonds. The molecule has 174 valence electrons. The topological polar surface area (TPSA) is 72.9 Å². The van der Waals surface area contributed by atoms with Crippen LogP contribution in [0.25, 0.3) is 0 Å². The van der Waals surface area contributed by atoms with E-state index in [1.165, 1.54) is 11.1 Å². The number of rotatable bonds is 8. The summed E-state index contributed by atoms with van der Waals surface area (Å²) < 4.78 is 0. The predicted octanol–water partition coefficient (Wildman–Crippen LogP) is 3.90. The molecule has 2 aromatic rings. The first-order chi connectivity index (χ1) is 16.0. The van der Waals surface area contributed by atoms with Crippen LogP contribution in [0.3, 0.4) is 0 Å². The number of carboxylic acid groups (broad SMARTS) is 1. The summed E-state index contributed by atoms with van der Waals surface area (Å²) in [4.78, 5) is 28.9. The monoisotopic (exact) mass is 447 g/mol. The summed E-state index contributed by atoms with van der Waals surface area (Å²) in [5.41, 5.74) is 4.92. The maximum atomic E-state index is 12.9. The lowest BCUT2D eigenvalue weighted by Gasteiger charge is -2.35. The number of carbonyl (C=O) groups is 2. The first-order valence-corrected chi connectivity index (χ1v) is 12.3. The molecule has 0 saturated carbocycles. The number of aryl methyl sites for hydroxylation is 1. The van der Waals surface area contributed by atoms with Gasteiger partial charge in [0.25, 0.3) is 0 Å². The van der Waals surface area contributed by atoms with E-state index >= 15 is 0 Å². The van der Waals surface area contributed by atoms with E-state index < -0.39 is 5.97 Å². The third-order valence-corrected chi connectivity index (χ3v) is 7.76. The maximum Gasteiger partial charge on any atom is 0.335 e. The van der Waals surface area contributed by atoms with E-state index in [4.69, 9.17) is 5.11 Å². The van der Waals surface area contributed by atoms with Crippen LogP contribution >= 0.6 is 0 Å². The summed E-state index contributed by atoms with van der Waals surface area (Å²) >= 11 is 0. The van der Waals surface area contributed by atoms with Crippen LogP contribution < -0.4 is 5.32 Å². The fourth-order valence-corrected chi connectivity index (χ4v) is 5.96. The Kier molecular flexibility index (Phi) is 6.21. The highest BCUT2D eigenvalue weighted by molar-refractivity contribution is 6.07. The van der Waals surface area contributed by atoms with Crippen molar-refractivity contribution in [2.24, 2.45) is 0 Å². The molecular weight excluding hydrogens is 414 g/mol. The van der Waals surface area contributed by atoms with E-state index in [1.807, 2.05) is 12.1 Å². The Morgan fingerprint density at radius 3 is 2.52 bits per heavy atom. The number of hydrogen-bond acceptors (Lipinski definition) is 4. The zero-order valence-electron chi connectivity index (χ0n) is 19.2. The number of hydrogen-bond donors (Lipinski definition) is 2. The molecule has 0 radical (unpaired) electrons. The van der Waals surface area contributed by atoms with E-state index in [1.54, 1.807) is 12.1 Å². The molecule has 1 unspecified atom stereocenters. The number of unbranched alkanes of at least 4 members (excludes halogenated alkanes) is 1. The van der Waals surface area contributed by atoms with Gasteiger partial charge in [0.2, 0.25) is 5.91 Å². The van der Waals surface area contributed by atoms with Crippen LogP contribution in [0.4, 0.5) is 5.69 Å². The summed E-state index contributed by atoms with van der Waals surface area (Å²) in [6.07, 6.45) is 6.34. The number of anilines is 1. The summed E-state index contributed by atoms with van der Waals surface area (Å²) in [6.45, 7) is 6.14. The van der Waals surface area contributed by atoms with Crippen molar-refractivity contribution in [1.29, 1.82) is 0 Å². The van der Waals surface area contributed by atoms with Crippen LogP contribution in [-0.4, -0.2) is 59.5 Å². The predicted molar refractivity (Wildman–Crippen MR) is 129 cm³/mol. The van der Waals surface area contributed by atoms with Crippen LogP contribution in [0.15, 0.2) is 42.5 Å². The number of nitrogens with zero attached hydrogens (tertiary/aromatic N) is 2. The molecule has 3 aliphatic rings. The van der Waals surface area contributed by atoms with Crippen LogP contribution in [0.1, 0.15) is 59.2 Å². The van der Waals surface area contributed by atoms with Crippen LogP contribution in [-0.2, 0) is 23.2 Å². The van der Waals surface area contributed by atoms with Gasteiger partial charge in [-0.2, -0.15) is 0 Å². The number of carboxylic acids is 1. The molecule has 1 atom stereocenters. The van der Waals surface area contributed by atoms with E-state index in [-0.39, 0.29) is 11.3 Å². The van der Waals surface area contributed by atoms with Crippen molar-refractivity contribution < 1.29 is 14.7 Å². The van der Waals surface area contributed by atoms with Crippen molar-refractivity contribution in [3.63, 3.8) is 0 Å². The van der Waals surface area contributed by atoms with Gasteiger partial charge in [0.05, 0.1) is 11.0 Å². The first-order valence-electron chi connectivity index (χ1n) is 12.3. The van der Waals surface area contributed by atoms with Gasteiger partial charge < -0.3 is 15.3 Å². The summed E-state index contributed by atoms with van der Waals surface area (Å²) in [5.74, 6) is -0.661. The van der Waals surface area contributed by atoms with Gasteiger partial charge in [-0.25, -0.2) is 4.79 Å². The van der Waals surface area contributed by atoms with E-state index in [0.29, 0.717) is 5.56 Å². The number of amides is 1.